The number of hydrogen-bond donors (Lipinski definition) is 0. The molecule has 0 unspecified atom stereocenters. The number of benzene rings is 4. The summed E-state index contributed by atoms with van der Waals surface area (Å²) in [5.41, 5.74) is 16.3. The molecule has 0 aliphatic carbocycles. The number of aryl methyl sites for hydroxylation is 5. The van der Waals surface area contributed by atoms with E-state index >= 15 is 0 Å². The Bertz CT molecular complexity index is 2720. The van der Waals surface area contributed by atoms with E-state index in [1.54, 1.807) is 0 Å². The topological polar surface area (TPSA) is 64.7 Å². The molecule has 0 atom stereocenters. The Balaban J connectivity index is 0.000000263. The van der Waals surface area contributed by atoms with Crippen LogP contribution in [0.25, 0.3) is 77.9 Å². The van der Waals surface area contributed by atoms with Crippen molar-refractivity contribution in [2.45, 2.75) is 34.6 Å². The van der Waals surface area contributed by atoms with Gasteiger partial charge in [0.2, 0.25) is 5.71 Å². The number of aromatic nitrogens is 4. The van der Waals surface area contributed by atoms with Crippen LogP contribution in [0.5, 0.6) is 0 Å². The van der Waals surface area contributed by atoms with Gasteiger partial charge < -0.3 is 14.4 Å². The Morgan fingerprint density at radius 3 is 2.19 bits per heavy atom. The minimum absolute atomic E-state index is 0. The Kier molecular flexibility index (Phi) is 10.1. The van der Waals surface area contributed by atoms with E-state index in [1.807, 2.05) is 74.8 Å². The largest absolute Gasteiger partial charge is 0.486 e. The number of pyridine rings is 4. The molecule has 1 radical (unpaired) electrons. The first kappa shape index (κ1) is 35.6. The Morgan fingerprint density at radius 2 is 1.42 bits per heavy atom. The van der Waals surface area contributed by atoms with E-state index in [-0.39, 0.29) is 20.1 Å². The zero-order valence-electron chi connectivity index (χ0n) is 30.2. The molecule has 4 aromatic carbocycles. The molecule has 0 fully saturated rings. The van der Waals surface area contributed by atoms with Crippen LogP contribution < -0.4 is 0 Å². The van der Waals surface area contributed by atoms with Crippen molar-refractivity contribution in [3.63, 3.8) is 0 Å². The Hall–Kier alpha value is -5.81. The molecule has 0 saturated carbocycles. The third-order valence-electron chi connectivity index (χ3n) is 9.54. The summed E-state index contributed by atoms with van der Waals surface area (Å²) in [4.78, 5) is 18.7. The van der Waals surface area contributed by atoms with Crippen molar-refractivity contribution in [2.75, 3.05) is 0 Å². The van der Waals surface area contributed by atoms with Gasteiger partial charge in [0, 0.05) is 54.5 Å². The summed E-state index contributed by atoms with van der Waals surface area (Å²) in [5, 5.41) is 3.17. The molecule has 9 aromatic rings. The normalized spacial score (nSPS) is 11.0. The molecule has 9 rings (SSSR count). The summed E-state index contributed by atoms with van der Waals surface area (Å²) in [6, 6.07) is 45.6. The molecule has 6 heteroatoms. The smallest absolute Gasteiger partial charge is 0.216 e. The summed E-state index contributed by atoms with van der Waals surface area (Å²) in [5.74, 6) is 0. The van der Waals surface area contributed by atoms with Gasteiger partial charge in [0.1, 0.15) is 0 Å². The summed E-state index contributed by atoms with van der Waals surface area (Å²) in [6.45, 7) is 10.5. The predicted octanol–water partition coefficient (Wildman–Crippen LogP) is 11.8. The van der Waals surface area contributed by atoms with Crippen LogP contribution >= 0.6 is 0 Å². The van der Waals surface area contributed by atoms with Gasteiger partial charge in [0.15, 0.2) is 0 Å². The molecule has 0 amide bonds. The molecule has 0 bridgehead atoms. The fraction of sp³-hybridized carbons (Fsp3) is 0.106. The van der Waals surface area contributed by atoms with E-state index in [0.29, 0.717) is 5.71 Å². The van der Waals surface area contributed by atoms with E-state index in [9.17, 15) is 0 Å². The molecule has 0 aliphatic heterocycles. The van der Waals surface area contributed by atoms with Gasteiger partial charge in [0.05, 0.1) is 16.8 Å². The van der Waals surface area contributed by atoms with Crippen molar-refractivity contribution in [1.82, 2.24) is 19.9 Å². The van der Waals surface area contributed by atoms with E-state index < -0.39 is 0 Å². The minimum atomic E-state index is 0. The van der Waals surface area contributed by atoms with Gasteiger partial charge in [0.25, 0.3) is 0 Å². The number of nitrogens with zero attached hydrogens (tertiary/aromatic N) is 4. The van der Waals surface area contributed by atoms with Gasteiger partial charge >= 0.3 is 0 Å². The van der Waals surface area contributed by atoms with Crippen molar-refractivity contribution < 1.29 is 24.5 Å². The fourth-order valence-electron chi connectivity index (χ4n) is 6.84. The van der Waals surface area contributed by atoms with E-state index in [2.05, 4.69) is 110 Å². The van der Waals surface area contributed by atoms with Crippen LogP contribution in [0.3, 0.4) is 0 Å². The van der Waals surface area contributed by atoms with Crippen molar-refractivity contribution in [3.8, 4) is 44.9 Å². The van der Waals surface area contributed by atoms with Crippen molar-refractivity contribution in [2.24, 2.45) is 0 Å². The minimum Gasteiger partial charge on any atom is -0.486 e. The van der Waals surface area contributed by atoms with Crippen LogP contribution in [0.2, 0.25) is 0 Å². The Labute approximate surface area is 323 Å². The molecule has 0 saturated heterocycles. The zero-order chi connectivity index (χ0) is 35.8. The molecule has 0 spiro atoms. The summed E-state index contributed by atoms with van der Waals surface area (Å²) in [7, 11) is 0. The molecule has 261 valence electrons. The summed E-state index contributed by atoms with van der Waals surface area (Å²) >= 11 is 0. The number of hydrogen-bond acceptors (Lipinski definition) is 5. The maximum atomic E-state index is 6.22. The van der Waals surface area contributed by atoms with Crippen molar-refractivity contribution in [3.05, 3.63) is 168 Å². The van der Waals surface area contributed by atoms with Crippen LogP contribution in [0.1, 0.15) is 27.9 Å². The SMILES string of the molecule is Cc1ccc(-c2[c-]cccc2)nc1.Cc1ccc2c(n1)oc1c(-c3cc(-c4ccc5nc(-c6c(C)cccc6C)ccc5c4C)ccn3)[c-]ccc12.[Ir]. The van der Waals surface area contributed by atoms with Crippen LogP contribution in [0.15, 0.2) is 132 Å². The number of rotatable bonds is 4. The van der Waals surface area contributed by atoms with E-state index in [0.717, 1.165) is 72.3 Å². The fourth-order valence-corrected chi connectivity index (χ4v) is 6.84. The quantitative estimate of drug-likeness (QED) is 0.165. The first-order chi connectivity index (χ1) is 25.3. The molecule has 5 heterocycles. The first-order valence-corrected chi connectivity index (χ1v) is 17.4. The van der Waals surface area contributed by atoms with Gasteiger partial charge in [-0.05, 0) is 110 Å². The van der Waals surface area contributed by atoms with Crippen LogP contribution in [-0.2, 0) is 20.1 Å². The van der Waals surface area contributed by atoms with Crippen LogP contribution in [0, 0.1) is 46.8 Å². The van der Waals surface area contributed by atoms with Gasteiger partial charge in [-0.1, -0.05) is 59.5 Å². The first-order valence-electron chi connectivity index (χ1n) is 17.4. The molecule has 5 aromatic heterocycles. The molecule has 53 heavy (non-hydrogen) atoms. The van der Waals surface area contributed by atoms with E-state index in [4.69, 9.17) is 14.4 Å². The van der Waals surface area contributed by atoms with Crippen molar-refractivity contribution >= 4 is 33.0 Å². The molecule has 0 N–H and O–H groups in total. The van der Waals surface area contributed by atoms with Crippen LogP contribution in [-0.4, -0.2) is 19.9 Å². The predicted molar refractivity (Wildman–Crippen MR) is 212 cm³/mol. The van der Waals surface area contributed by atoms with Gasteiger partial charge in [-0.3, -0.25) is 0 Å². The average molecular weight is 865 g/mol. The van der Waals surface area contributed by atoms with Crippen molar-refractivity contribution in [1.29, 1.82) is 0 Å². The van der Waals surface area contributed by atoms with Gasteiger partial charge in [-0.2, -0.15) is 0 Å². The number of furan rings is 1. The Morgan fingerprint density at radius 1 is 0.604 bits per heavy atom. The van der Waals surface area contributed by atoms with Crippen LogP contribution in [0.4, 0.5) is 0 Å². The zero-order valence-corrected chi connectivity index (χ0v) is 32.5. The summed E-state index contributed by atoms with van der Waals surface area (Å²) < 4.78 is 6.22. The summed E-state index contributed by atoms with van der Waals surface area (Å²) in [6.07, 6.45) is 3.73. The third kappa shape index (κ3) is 7.04. The second-order valence-electron chi connectivity index (χ2n) is 13.2. The maximum Gasteiger partial charge on any atom is 0.216 e. The second-order valence-corrected chi connectivity index (χ2v) is 13.2. The second kappa shape index (κ2) is 15.0. The molecule has 0 aliphatic rings. The molecular formula is C47H36IrN4O-2. The monoisotopic (exact) mass is 865 g/mol. The number of fused-ring (bicyclic) bond motifs is 4. The van der Waals surface area contributed by atoms with E-state index in [1.165, 1.54) is 27.8 Å². The standard InChI is InChI=1S/C35H26N3O.C12H10N.Ir/c1-20-7-5-8-21(2)33(20)31-16-14-26-23(4)25(13-15-30(26)38-31)24-17-18-36-32(19-24)29-10-6-9-27-28-12-11-22(3)37-35(28)39-34(27)29;1-10-7-8-12(13-9-10)11-5-3-2-4-6-11;/h5-9,11-19H,1-4H3;2-5,7-9H,1H3;/q2*-1;. The average Bonchev–Trinajstić information content (AvgIpc) is 3.54. The maximum absolute atomic E-state index is 6.22. The molecular weight excluding hydrogens is 829 g/mol. The van der Waals surface area contributed by atoms with Gasteiger partial charge in [-0.15, -0.1) is 54.1 Å². The molecule has 5 nitrogen and oxygen atoms in total. The third-order valence-corrected chi connectivity index (χ3v) is 9.54. The van der Waals surface area contributed by atoms with Gasteiger partial charge in [-0.25, -0.2) is 9.97 Å².